The maximum absolute atomic E-state index is 12.1. The number of hydrogen-bond acceptors (Lipinski definition) is 3. The van der Waals surface area contributed by atoms with Crippen molar-refractivity contribution in [1.82, 2.24) is 0 Å². The second kappa shape index (κ2) is 7.84. The summed E-state index contributed by atoms with van der Waals surface area (Å²) in [6.45, 7) is 4.69. The van der Waals surface area contributed by atoms with Crippen LogP contribution in [0.2, 0.25) is 0 Å². The quantitative estimate of drug-likeness (QED) is 0.266. The second-order valence-electron chi connectivity index (χ2n) is 11.1. The molecule has 2 unspecified atom stereocenters. The SMILES string of the molecule is Cc1ccc(C2(c3ccccc3)C=Cc3c4c(c5cc6c(cc5c3O2)OCC6)-c2ccccc2C4(C)O)cc1. The first-order chi connectivity index (χ1) is 19.0. The van der Waals surface area contributed by atoms with Crippen LogP contribution in [0.4, 0.5) is 0 Å². The zero-order valence-electron chi connectivity index (χ0n) is 22.0. The molecule has 0 saturated carbocycles. The van der Waals surface area contributed by atoms with Gasteiger partial charge >= 0.3 is 0 Å². The Morgan fingerprint density at radius 1 is 0.821 bits per heavy atom. The fourth-order valence-electron chi connectivity index (χ4n) is 6.82. The maximum atomic E-state index is 12.1. The lowest BCUT2D eigenvalue weighted by molar-refractivity contribution is 0.105. The Kier molecular flexibility index (Phi) is 4.55. The van der Waals surface area contributed by atoms with Gasteiger partial charge in [0.05, 0.1) is 6.61 Å². The highest BCUT2D eigenvalue weighted by atomic mass is 16.5. The molecule has 0 fully saturated rings. The summed E-state index contributed by atoms with van der Waals surface area (Å²) < 4.78 is 13.3. The first-order valence-electron chi connectivity index (χ1n) is 13.6. The van der Waals surface area contributed by atoms with Gasteiger partial charge < -0.3 is 14.6 Å². The highest BCUT2D eigenvalue weighted by molar-refractivity contribution is 6.09. The van der Waals surface area contributed by atoms with Crippen molar-refractivity contribution < 1.29 is 14.6 Å². The maximum Gasteiger partial charge on any atom is 0.178 e. The van der Waals surface area contributed by atoms with E-state index in [1.165, 1.54) is 11.1 Å². The van der Waals surface area contributed by atoms with E-state index in [-0.39, 0.29) is 0 Å². The van der Waals surface area contributed by atoms with Crippen LogP contribution < -0.4 is 9.47 Å². The van der Waals surface area contributed by atoms with E-state index < -0.39 is 11.2 Å². The topological polar surface area (TPSA) is 38.7 Å². The smallest absolute Gasteiger partial charge is 0.178 e. The van der Waals surface area contributed by atoms with Crippen LogP contribution in [-0.4, -0.2) is 11.7 Å². The molecule has 1 aliphatic carbocycles. The van der Waals surface area contributed by atoms with Crippen molar-refractivity contribution in [1.29, 1.82) is 0 Å². The predicted molar refractivity (Wildman–Crippen MR) is 155 cm³/mol. The normalized spacial score (nSPS) is 22.0. The lowest BCUT2D eigenvalue weighted by atomic mass is 9.80. The Morgan fingerprint density at radius 3 is 2.38 bits per heavy atom. The summed E-state index contributed by atoms with van der Waals surface area (Å²) in [5.41, 5.74) is 7.48. The van der Waals surface area contributed by atoms with Crippen LogP contribution >= 0.6 is 0 Å². The van der Waals surface area contributed by atoms with Gasteiger partial charge in [-0.05, 0) is 59.7 Å². The Balaban J connectivity index is 1.48. The molecule has 190 valence electrons. The molecule has 5 aromatic rings. The van der Waals surface area contributed by atoms with E-state index in [1.807, 2.05) is 25.1 Å². The summed E-state index contributed by atoms with van der Waals surface area (Å²) in [6.07, 6.45) is 5.20. The van der Waals surface area contributed by atoms with Crippen molar-refractivity contribution in [2.45, 2.75) is 31.5 Å². The van der Waals surface area contributed by atoms with E-state index in [4.69, 9.17) is 9.47 Å². The first-order valence-corrected chi connectivity index (χ1v) is 13.6. The molecule has 3 aliphatic rings. The summed E-state index contributed by atoms with van der Waals surface area (Å²) in [5.74, 6) is 1.70. The van der Waals surface area contributed by atoms with Crippen LogP contribution in [0.15, 0.2) is 97.1 Å². The summed E-state index contributed by atoms with van der Waals surface area (Å²) in [5, 5.41) is 14.2. The van der Waals surface area contributed by atoms with Crippen LogP contribution in [0.3, 0.4) is 0 Å². The molecule has 5 aromatic carbocycles. The molecule has 3 nitrogen and oxygen atoms in total. The number of aryl methyl sites for hydroxylation is 1. The van der Waals surface area contributed by atoms with Gasteiger partial charge in [0.1, 0.15) is 17.1 Å². The Labute approximate surface area is 228 Å². The molecule has 0 amide bonds. The van der Waals surface area contributed by atoms with Crippen LogP contribution in [-0.2, 0) is 17.6 Å². The Bertz CT molecular complexity index is 1830. The number of benzene rings is 5. The van der Waals surface area contributed by atoms with Crippen molar-refractivity contribution in [3.8, 4) is 22.6 Å². The minimum atomic E-state index is -1.15. The molecular weight excluding hydrogens is 480 g/mol. The minimum Gasteiger partial charge on any atom is -0.493 e. The lowest BCUT2D eigenvalue weighted by Crippen LogP contribution is -2.35. The molecule has 0 spiro atoms. The number of hydrogen-bond donors (Lipinski definition) is 1. The first kappa shape index (κ1) is 22.6. The van der Waals surface area contributed by atoms with Gasteiger partial charge in [0.15, 0.2) is 5.60 Å². The molecule has 39 heavy (non-hydrogen) atoms. The molecular formula is C36H28O3. The third kappa shape index (κ3) is 3.02. The summed E-state index contributed by atoms with van der Waals surface area (Å²) in [6, 6.07) is 31.6. The predicted octanol–water partition coefficient (Wildman–Crippen LogP) is 7.67. The Hall–Kier alpha value is -4.34. The van der Waals surface area contributed by atoms with Crippen LogP contribution in [0, 0.1) is 6.92 Å². The third-order valence-electron chi connectivity index (χ3n) is 8.75. The minimum absolute atomic E-state index is 0.683. The Morgan fingerprint density at radius 2 is 1.56 bits per heavy atom. The highest BCUT2D eigenvalue weighted by Crippen LogP contribution is 2.58. The molecule has 0 aromatic heterocycles. The van der Waals surface area contributed by atoms with Gasteiger partial charge in [0.2, 0.25) is 0 Å². The van der Waals surface area contributed by atoms with E-state index in [0.29, 0.717) is 6.61 Å². The molecule has 0 saturated heterocycles. The number of ether oxygens (including phenoxy) is 2. The van der Waals surface area contributed by atoms with Crippen molar-refractivity contribution in [2.24, 2.45) is 0 Å². The van der Waals surface area contributed by atoms with Gasteiger partial charge in [-0.1, -0.05) is 90.5 Å². The van der Waals surface area contributed by atoms with E-state index in [0.717, 1.165) is 67.6 Å². The summed E-state index contributed by atoms with van der Waals surface area (Å²) in [4.78, 5) is 0. The van der Waals surface area contributed by atoms with E-state index in [1.54, 1.807) is 0 Å². The average Bonchev–Trinajstić information content (AvgIpc) is 3.52. The molecule has 0 radical (unpaired) electrons. The van der Waals surface area contributed by atoms with Crippen molar-refractivity contribution in [2.75, 3.05) is 6.61 Å². The van der Waals surface area contributed by atoms with Gasteiger partial charge in [-0.15, -0.1) is 0 Å². The van der Waals surface area contributed by atoms with Crippen LogP contribution in [0.1, 0.15) is 45.9 Å². The fraction of sp³-hybridized carbons (Fsp3) is 0.167. The molecule has 2 heterocycles. The highest BCUT2D eigenvalue weighted by Gasteiger charge is 2.45. The lowest BCUT2D eigenvalue weighted by Gasteiger charge is -2.38. The van der Waals surface area contributed by atoms with Crippen molar-refractivity contribution >= 4 is 16.8 Å². The average molecular weight is 509 g/mol. The van der Waals surface area contributed by atoms with E-state index in [9.17, 15) is 5.11 Å². The zero-order chi connectivity index (χ0) is 26.4. The third-order valence-corrected chi connectivity index (χ3v) is 8.75. The molecule has 1 N–H and O–H groups in total. The van der Waals surface area contributed by atoms with E-state index >= 15 is 0 Å². The fourth-order valence-corrected chi connectivity index (χ4v) is 6.82. The molecule has 3 heteroatoms. The number of aliphatic hydroxyl groups is 1. The van der Waals surface area contributed by atoms with Crippen LogP contribution in [0.5, 0.6) is 11.5 Å². The van der Waals surface area contributed by atoms with Crippen LogP contribution in [0.25, 0.3) is 28.0 Å². The van der Waals surface area contributed by atoms with Gasteiger partial charge in [-0.2, -0.15) is 0 Å². The zero-order valence-corrected chi connectivity index (χ0v) is 22.0. The van der Waals surface area contributed by atoms with Gasteiger partial charge in [-0.25, -0.2) is 0 Å². The summed E-state index contributed by atoms with van der Waals surface area (Å²) >= 11 is 0. The van der Waals surface area contributed by atoms with Gasteiger partial charge in [0, 0.05) is 34.1 Å². The van der Waals surface area contributed by atoms with Crippen molar-refractivity contribution in [3.05, 3.63) is 136 Å². The molecule has 2 aliphatic heterocycles. The van der Waals surface area contributed by atoms with Gasteiger partial charge in [0.25, 0.3) is 0 Å². The monoisotopic (exact) mass is 508 g/mol. The number of fused-ring (bicyclic) bond motifs is 9. The van der Waals surface area contributed by atoms with E-state index in [2.05, 4.69) is 91.9 Å². The summed E-state index contributed by atoms with van der Waals surface area (Å²) in [7, 11) is 0. The number of rotatable bonds is 2. The van der Waals surface area contributed by atoms with Crippen molar-refractivity contribution in [3.63, 3.8) is 0 Å². The molecule has 0 bridgehead atoms. The van der Waals surface area contributed by atoms with Gasteiger partial charge in [-0.3, -0.25) is 0 Å². The molecule has 8 rings (SSSR count). The standard InChI is InChI=1S/C36H28O3/c1-22-12-14-25(15-13-22)36(24-8-4-3-5-9-24)18-16-27-33-32(26-10-6-7-11-30(26)35(33,2)37)28-20-23-17-19-38-31(23)21-29(28)34(27)39-36/h3-16,18,20-21,37H,17,19H2,1-2H3. The second-order valence-corrected chi connectivity index (χ2v) is 11.1. The molecule has 2 atom stereocenters. The largest absolute Gasteiger partial charge is 0.493 e.